The quantitative estimate of drug-likeness (QED) is 0.920. The summed E-state index contributed by atoms with van der Waals surface area (Å²) >= 11 is 0. The Kier molecular flexibility index (Phi) is 2.98. The van der Waals surface area contributed by atoms with Crippen LogP contribution < -0.4 is 0 Å². The van der Waals surface area contributed by atoms with Crippen molar-refractivity contribution in [1.29, 1.82) is 0 Å². The molecular weight excluding hydrogens is 249 g/mol. The van der Waals surface area contributed by atoms with Gasteiger partial charge in [0.25, 0.3) is 0 Å². The third-order valence-electron chi connectivity index (χ3n) is 2.50. The molecule has 0 aliphatic heterocycles. The lowest BCUT2D eigenvalue weighted by atomic mass is 10.2. The number of hydrogen-bond acceptors (Lipinski definition) is 2. The van der Waals surface area contributed by atoms with E-state index in [1.54, 1.807) is 0 Å². The van der Waals surface area contributed by atoms with E-state index < -0.39 is 18.6 Å². The van der Waals surface area contributed by atoms with E-state index in [0.717, 1.165) is 0 Å². The number of aromatic nitrogens is 2. The summed E-state index contributed by atoms with van der Waals surface area (Å²) in [4.78, 5) is 14.6. The van der Waals surface area contributed by atoms with Crippen molar-refractivity contribution in [3.8, 4) is 0 Å². The fourth-order valence-corrected chi connectivity index (χ4v) is 1.62. The van der Waals surface area contributed by atoms with E-state index in [2.05, 4.69) is 4.98 Å². The molecule has 0 fully saturated rings. The van der Waals surface area contributed by atoms with Crippen LogP contribution in [0.4, 0.5) is 13.2 Å². The maximum atomic E-state index is 12.1. The van der Waals surface area contributed by atoms with Crippen LogP contribution in [-0.4, -0.2) is 26.8 Å². The van der Waals surface area contributed by atoms with Crippen molar-refractivity contribution < 1.29 is 23.1 Å². The van der Waals surface area contributed by atoms with Crippen molar-refractivity contribution in [3.63, 3.8) is 0 Å². The predicted octanol–water partition coefficient (Wildman–Crippen LogP) is 2.69. The zero-order chi connectivity index (χ0) is 13.3. The first-order chi connectivity index (χ1) is 8.37. The Hall–Kier alpha value is -2.05. The molecule has 2 aromatic rings. The molecule has 0 unspecified atom stereocenters. The van der Waals surface area contributed by atoms with Gasteiger partial charge in [0.2, 0.25) is 0 Å². The molecule has 2 rings (SSSR count). The summed E-state index contributed by atoms with van der Waals surface area (Å²) in [5.74, 6) is -1.10. The molecule has 0 aliphatic rings. The maximum absolute atomic E-state index is 12.1. The molecular formula is C11H9F3N2O2. The number of carboxylic acid groups (broad SMARTS) is 1. The molecule has 1 heterocycles. The van der Waals surface area contributed by atoms with Crippen LogP contribution in [0.25, 0.3) is 11.0 Å². The number of imidazole rings is 1. The molecule has 7 heteroatoms. The van der Waals surface area contributed by atoms with E-state index in [9.17, 15) is 18.0 Å². The van der Waals surface area contributed by atoms with Crippen LogP contribution in [0.5, 0.6) is 0 Å². The van der Waals surface area contributed by atoms with Crippen LogP contribution in [0.3, 0.4) is 0 Å². The van der Waals surface area contributed by atoms with Crippen LogP contribution in [0.15, 0.2) is 24.5 Å². The Morgan fingerprint density at radius 2 is 2.11 bits per heavy atom. The van der Waals surface area contributed by atoms with E-state index in [4.69, 9.17) is 5.11 Å². The van der Waals surface area contributed by atoms with Gasteiger partial charge in [0.1, 0.15) is 0 Å². The molecule has 0 bridgehead atoms. The number of halogens is 3. The summed E-state index contributed by atoms with van der Waals surface area (Å²) in [6.45, 7) is -0.230. The van der Waals surface area contributed by atoms with Crippen LogP contribution in [0.1, 0.15) is 16.8 Å². The van der Waals surface area contributed by atoms with Gasteiger partial charge in [0, 0.05) is 6.54 Å². The average Bonchev–Trinajstić information content (AvgIpc) is 2.67. The van der Waals surface area contributed by atoms with Gasteiger partial charge in [0.05, 0.1) is 29.3 Å². The van der Waals surface area contributed by atoms with Crippen LogP contribution >= 0.6 is 0 Å². The zero-order valence-corrected chi connectivity index (χ0v) is 9.11. The molecule has 0 spiro atoms. The third kappa shape index (κ3) is 2.61. The van der Waals surface area contributed by atoms with Gasteiger partial charge < -0.3 is 9.67 Å². The Labute approximate surface area is 99.7 Å². The lowest BCUT2D eigenvalue weighted by molar-refractivity contribution is -0.136. The van der Waals surface area contributed by atoms with Crippen molar-refractivity contribution in [2.45, 2.75) is 19.1 Å². The highest BCUT2D eigenvalue weighted by Crippen LogP contribution is 2.22. The fraction of sp³-hybridized carbons (Fsp3) is 0.273. The number of alkyl halides is 3. The van der Waals surface area contributed by atoms with E-state index in [-0.39, 0.29) is 12.1 Å². The average molecular weight is 258 g/mol. The van der Waals surface area contributed by atoms with Gasteiger partial charge in [-0.25, -0.2) is 9.78 Å². The Bertz CT molecular complexity index is 589. The number of aromatic carboxylic acids is 1. The number of hydrogen-bond donors (Lipinski definition) is 1. The van der Waals surface area contributed by atoms with Crippen LogP contribution in [0.2, 0.25) is 0 Å². The number of benzene rings is 1. The molecule has 0 amide bonds. The third-order valence-corrected chi connectivity index (χ3v) is 2.50. The van der Waals surface area contributed by atoms with Gasteiger partial charge in [-0.05, 0) is 18.2 Å². The minimum Gasteiger partial charge on any atom is -0.478 e. The molecule has 1 aromatic heterocycles. The van der Waals surface area contributed by atoms with Gasteiger partial charge >= 0.3 is 12.1 Å². The number of carbonyl (C=O) groups is 1. The Morgan fingerprint density at radius 1 is 1.39 bits per heavy atom. The normalized spacial score (nSPS) is 11.9. The van der Waals surface area contributed by atoms with Gasteiger partial charge in [-0.3, -0.25) is 0 Å². The monoisotopic (exact) mass is 258 g/mol. The second-order valence-electron chi connectivity index (χ2n) is 3.81. The highest BCUT2D eigenvalue weighted by Gasteiger charge is 2.26. The number of aryl methyl sites for hydroxylation is 1. The summed E-state index contributed by atoms with van der Waals surface area (Å²) < 4.78 is 37.7. The van der Waals surface area contributed by atoms with E-state index in [0.29, 0.717) is 11.0 Å². The van der Waals surface area contributed by atoms with Gasteiger partial charge in [-0.1, -0.05) is 0 Å². The van der Waals surface area contributed by atoms with Gasteiger partial charge in [0.15, 0.2) is 0 Å². The lowest BCUT2D eigenvalue weighted by Crippen LogP contribution is -2.11. The summed E-state index contributed by atoms with van der Waals surface area (Å²) in [6.07, 6.45) is -3.89. The molecule has 0 saturated heterocycles. The minimum absolute atomic E-state index is 0.0589. The molecule has 0 saturated carbocycles. The highest BCUT2D eigenvalue weighted by molar-refractivity contribution is 5.92. The minimum atomic E-state index is -4.22. The summed E-state index contributed by atoms with van der Waals surface area (Å²) in [7, 11) is 0. The standard InChI is InChI=1S/C11H9F3N2O2/c12-11(13,14)3-4-16-6-15-8-5-7(10(17)18)1-2-9(8)16/h1-2,5-6H,3-4H2,(H,17,18). The van der Waals surface area contributed by atoms with E-state index >= 15 is 0 Å². The van der Waals surface area contributed by atoms with Crippen molar-refractivity contribution in [2.75, 3.05) is 0 Å². The summed E-state index contributed by atoms with van der Waals surface area (Å²) in [5.41, 5.74) is 0.921. The van der Waals surface area contributed by atoms with Crippen LogP contribution in [0, 0.1) is 0 Å². The topological polar surface area (TPSA) is 55.1 Å². The molecule has 4 nitrogen and oxygen atoms in total. The lowest BCUT2D eigenvalue weighted by Gasteiger charge is -2.07. The van der Waals surface area contributed by atoms with Crippen molar-refractivity contribution >= 4 is 17.0 Å². The maximum Gasteiger partial charge on any atom is 0.390 e. The Morgan fingerprint density at radius 3 is 2.72 bits per heavy atom. The number of nitrogens with zero attached hydrogens (tertiary/aromatic N) is 2. The fourth-order valence-electron chi connectivity index (χ4n) is 1.62. The second kappa shape index (κ2) is 4.32. The Balaban J connectivity index is 2.29. The van der Waals surface area contributed by atoms with E-state index in [1.165, 1.54) is 29.1 Å². The molecule has 96 valence electrons. The first-order valence-electron chi connectivity index (χ1n) is 5.12. The molecule has 0 atom stereocenters. The molecule has 1 aromatic carbocycles. The zero-order valence-electron chi connectivity index (χ0n) is 9.11. The van der Waals surface area contributed by atoms with Gasteiger partial charge in [-0.15, -0.1) is 0 Å². The predicted molar refractivity (Wildman–Crippen MR) is 57.4 cm³/mol. The molecule has 0 radical (unpaired) electrons. The molecule has 0 aliphatic carbocycles. The van der Waals surface area contributed by atoms with Crippen LogP contribution in [-0.2, 0) is 6.54 Å². The molecule has 18 heavy (non-hydrogen) atoms. The second-order valence-corrected chi connectivity index (χ2v) is 3.81. The number of fused-ring (bicyclic) bond motifs is 1. The first-order valence-corrected chi connectivity index (χ1v) is 5.12. The largest absolute Gasteiger partial charge is 0.478 e. The highest BCUT2D eigenvalue weighted by atomic mass is 19.4. The number of rotatable bonds is 3. The van der Waals surface area contributed by atoms with Gasteiger partial charge in [-0.2, -0.15) is 13.2 Å². The number of carboxylic acids is 1. The van der Waals surface area contributed by atoms with Crippen molar-refractivity contribution in [3.05, 3.63) is 30.1 Å². The summed E-state index contributed by atoms with van der Waals surface area (Å²) in [6, 6.07) is 4.14. The summed E-state index contributed by atoms with van der Waals surface area (Å²) in [5, 5.41) is 8.78. The first kappa shape index (κ1) is 12.4. The SMILES string of the molecule is O=C(O)c1ccc2c(c1)ncn2CCC(F)(F)F. The smallest absolute Gasteiger partial charge is 0.390 e. The molecule has 1 N–H and O–H groups in total. The van der Waals surface area contributed by atoms with Crippen molar-refractivity contribution in [2.24, 2.45) is 0 Å². The van der Waals surface area contributed by atoms with E-state index in [1.807, 2.05) is 0 Å². The van der Waals surface area contributed by atoms with Crippen molar-refractivity contribution in [1.82, 2.24) is 9.55 Å².